The molecule has 0 bridgehead atoms. The monoisotopic (exact) mass is 247 g/mol. The molecule has 1 fully saturated rings. The van der Waals surface area contributed by atoms with Gasteiger partial charge in [0.25, 0.3) is 0 Å². The van der Waals surface area contributed by atoms with Crippen molar-refractivity contribution in [3.63, 3.8) is 0 Å². The summed E-state index contributed by atoms with van der Waals surface area (Å²) in [7, 11) is 0. The van der Waals surface area contributed by atoms with Gasteiger partial charge < -0.3 is 5.73 Å². The highest BCUT2D eigenvalue weighted by atomic mass is 19.4. The zero-order valence-electron chi connectivity index (χ0n) is 9.15. The Hall–Kier alpha value is -1.10. The minimum atomic E-state index is -4.50. The number of nitrogens with two attached hydrogens (primary N) is 1. The van der Waals surface area contributed by atoms with Crippen molar-refractivity contribution < 1.29 is 17.6 Å². The Morgan fingerprint density at radius 2 is 1.88 bits per heavy atom. The van der Waals surface area contributed by atoms with Gasteiger partial charge in [0.2, 0.25) is 0 Å². The summed E-state index contributed by atoms with van der Waals surface area (Å²) in [6, 6.07) is 2.70. The topological polar surface area (TPSA) is 26.0 Å². The van der Waals surface area contributed by atoms with Gasteiger partial charge in [-0.05, 0) is 48.9 Å². The van der Waals surface area contributed by atoms with Crippen LogP contribution in [-0.4, -0.2) is 6.54 Å². The van der Waals surface area contributed by atoms with Gasteiger partial charge in [-0.2, -0.15) is 13.2 Å². The first-order valence-electron chi connectivity index (χ1n) is 5.42. The van der Waals surface area contributed by atoms with Crippen LogP contribution in [0.15, 0.2) is 18.2 Å². The van der Waals surface area contributed by atoms with E-state index in [2.05, 4.69) is 0 Å². The average Bonchev–Trinajstić information content (AvgIpc) is 3.00. The lowest BCUT2D eigenvalue weighted by molar-refractivity contribution is -0.137. The molecule has 1 aromatic carbocycles. The van der Waals surface area contributed by atoms with E-state index in [1.807, 2.05) is 0 Å². The van der Waals surface area contributed by atoms with Crippen molar-refractivity contribution in [1.29, 1.82) is 0 Å². The van der Waals surface area contributed by atoms with Gasteiger partial charge >= 0.3 is 6.18 Å². The van der Waals surface area contributed by atoms with Gasteiger partial charge in [-0.25, -0.2) is 4.39 Å². The standard InChI is InChI=1S/C12H13F4N/c13-10-5-9(12(14,15)16)2-1-8(10)6-11(7-17)3-4-11/h1-2,5H,3-4,6-7,17H2. The van der Waals surface area contributed by atoms with Crippen LogP contribution in [0.4, 0.5) is 17.6 Å². The lowest BCUT2D eigenvalue weighted by Gasteiger charge is -2.14. The molecule has 1 saturated carbocycles. The normalized spacial score (nSPS) is 18.2. The summed E-state index contributed by atoms with van der Waals surface area (Å²) in [6.45, 7) is 0.452. The second-order valence-electron chi connectivity index (χ2n) is 4.68. The predicted octanol–water partition coefficient (Wildman–Crippen LogP) is 3.13. The Bertz CT molecular complexity index is 421. The molecule has 0 radical (unpaired) electrons. The third kappa shape index (κ3) is 2.60. The van der Waals surface area contributed by atoms with Crippen LogP contribution < -0.4 is 5.73 Å². The van der Waals surface area contributed by atoms with Crippen molar-refractivity contribution in [2.24, 2.45) is 11.1 Å². The van der Waals surface area contributed by atoms with Crippen LogP contribution in [0.5, 0.6) is 0 Å². The quantitative estimate of drug-likeness (QED) is 0.816. The van der Waals surface area contributed by atoms with Gasteiger partial charge in [-0.1, -0.05) is 6.07 Å². The molecule has 0 aliphatic heterocycles. The molecule has 17 heavy (non-hydrogen) atoms. The molecule has 0 heterocycles. The Morgan fingerprint density at radius 3 is 2.29 bits per heavy atom. The zero-order valence-corrected chi connectivity index (χ0v) is 9.15. The van der Waals surface area contributed by atoms with Crippen LogP contribution in [0.1, 0.15) is 24.0 Å². The van der Waals surface area contributed by atoms with E-state index in [1.165, 1.54) is 6.07 Å². The SMILES string of the molecule is NCC1(Cc2ccc(C(F)(F)F)cc2F)CC1. The fourth-order valence-electron chi connectivity index (χ4n) is 1.90. The average molecular weight is 247 g/mol. The molecule has 0 spiro atoms. The zero-order chi connectivity index (χ0) is 12.7. The highest BCUT2D eigenvalue weighted by Gasteiger charge is 2.41. The Kier molecular flexibility index (Phi) is 2.89. The number of hydrogen-bond donors (Lipinski definition) is 1. The molecule has 5 heteroatoms. The smallest absolute Gasteiger partial charge is 0.330 e. The molecule has 1 aliphatic carbocycles. The lowest BCUT2D eigenvalue weighted by atomic mass is 9.95. The molecule has 0 atom stereocenters. The second-order valence-corrected chi connectivity index (χ2v) is 4.68. The minimum Gasteiger partial charge on any atom is -0.330 e. The van der Waals surface area contributed by atoms with Gasteiger partial charge in [0.05, 0.1) is 5.56 Å². The summed E-state index contributed by atoms with van der Waals surface area (Å²) in [6.07, 6.45) is -2.23. The van der Waals surface area contributed by atoms with Crippen LogP contribution in [0.3, 0.4) is 0 Å². The molecule has 0 unspecified atom stereocenters. The first-order valence-corrected chi connectivity index (χ1v) is 5.42. The number of alkyl halides is 3. The fourth-order valence-corrected chi connectivity index (χ4v) is 1.90. The Morgan fingerprint density at radius 1 is 1.24 bits per heavy atom. The van der Waals surface area contributed by atoms with Gasteiger partial charge in [0.15, 0.2) is 0 Å². The van der Waals surface area contributed by atoms with Gasteiger partial charge in [0.1, 0.15) is 5.82 Å². The van der Waals surface area contributed by atoms with E-state index in [-0.39, 0.29) is 5.41 Å². The third-order valence-electron chi connectivity index (χ3n) is 3.34. The van der Waals surface area contributed by atoms with E-state index < -0.39 is 17.6 Å². The maximum Gasteiger partial charge on any atom is 0.416 e. The van der Waals surface area contributed by atoms with Crippen LogP contribution in [0.25, 0.3) is 0 Å². The number of benzene rings is 1. The number of halogens is 4. The third-order valence-corrected chi connectivity index (χ3v) is 3.34. The number of rotatable bonds is 3. The van der Waals surface area contributed by atoms with Crippen LogP contribution >= 0.6 is 0 Å². The molecule has 2 N–H and O–H groups in total. The van der Waals surface area contributed by atoms with Gasteiger partial charge in [-0.3, -0.25) is 0 Å². The highest BCUT2D eigenvalue weighted by molar-refractivity contribution is 5.28. The first-order chi connectivity index (χ1) is 7.86. The molecule has 1 aliphatic rings. The van der Waals surface area contributed by atoms with Crippen molar-refractivity contribution in [1.82, 2.24) is 0 Å². The molecule has 0 amide bonds. The van der Waals surface area contributed by atoms with E-state index in [1.54, 1.807) is 0 Å². The van der Waals surface area contributed by atoms with E-state index in [0.29, 0.717) is 24.6 Å². The summed E-state index contributed by atoms with van der Waals surface area (Å²) in [4.78, 5) is 0. The van der Waals surface area contributed by atoms with Crippen molar-refractivity contribution in [3.8, 4) is 0 Å². The highest BCUT2D eigenvalue weighted by Crippen LogP contribution is 2.47. The summed E-state index contributed by atoms with van der Waals surface area (Å²) in [5.41, 5.74) is 4.85. The van der Waals surface area contributed by atoms with Crippen molar-refractivity contribution in [3.05, 3.63) is 35.1 Å². The Labute approximate surface area is 96.6 Å². The van der Waals surface area contributed by atoms with Crippen LogP contribution in [-0.2, 0) is 12.6 Å². The molecular weight excluding hydrogens is 234 g/mol. The largest absolute Gasteiger partial charge is 0.416 e. The summed E-state index contributed by atoms with van der Waals surface area (Å²) in [5.74, 6) is -0.792. The molecule has 1 aromatic rings. The van der Waals surface area contributed by atoms with Crippen molar-refractivity contribution in [2.75, 3.05) is 6.54 Å². The van der Waals surface area contributed by atoms with Crippen molar-refractivity contribution >= 4 is 0 Å². The Balaban J connectivity index is 2.20. The minimum absolute atomic E-state index is 0.0827. The number of hydrogen-bond acceptors (Lipinski definition) is 1. The van der Waals surface area contributed by atoms with Crippen molar-refractivity contribution in [2.45, 2.75) is 25.4 Å². The van der Waals surface area contributed by atoms with E-state index in [0.717, 1.165) is 18.9 Å². The molecule has 2 rings (SSSR count). The summed E-state index contributed by atoms with van der Waals surface area (Å²) in [5, 5.41) is 0. The van der Waals surface area contributed by atoms with E-state index in [9.17, 15) is 17.6 Å². The van der Waals surface area contributed by atoms with Gasteiger partial charge in [-0.15, -0.1) is 0 Å². The second kappa shape index (κ2) is 3.98. The molecule has 0 saturated heterocycles. The fraction of sp³-hybridized carbons (Fsp3) is 0.500. The summed E-state index contributed by atoms with van der Waals surface area (Å²) < 4.78 is 50.5. The van der Waals surface area contributed by atoms with E-state index >= 15 is 0 Å². The first kappa shape index (κ1) is 12.4. The lowest BCUT2D eigenvalue weighted by Crippen LogP contribution is -2.18. The van der Waals surface area contributed by atoms with E-state index in [4.69, 9.17) is 5.73 Å². The molecular formula is C12H13F4N. The molecule has 1 nitrogen and oxygen atoms in total. The molecule has 94 valence electrons. The summed E-state index contributed by atoms with van der Waals surface area (Å²) >= 11 is 0. The molecule has 0 aromatic heterocycles. The predicted molar refractivity (Wildman–Crippen MR) is 55.8 cm³/mol. The van der Waals surface area contributed by atoms with Gasteiger partial charge in [0, 0.05) is 0 Å². The van der Waals surface area contributed by atoms with Crippen LogP contribution in [0.2, 0.25) is 0 Å². The maximum absolute atomic E-state index is 13.5. The van der Waals surface area contributed by atoms with Crippen LogP contribution in [0, 0.1) is 11.2 Å². The maximum atomic E-state index is 13.5.